The van der Waals surface area contributed by atoms with E-state index in [1.807, 2.05) is 56.3 Å². The molecule has 2 aliphatic rings. The minimum Gasteiger partial charge on any atom is -0.497 e. The van der Waals surface area contributed by atoms with Crippen molar-refractivity contribution in [2.45, 2.75) is 13.8 Å². The van der Waals surface area contributed by atoms with Gasteiger partial charge in [0.15, 0.2) is 17.3 Å². The van der Waals surface area contributed by atoms with Crippen molar-refractivity contribution >= 4 is 39.8 Å². The average molecular weight is 557 g/mol. The number of hydrazone groups is 1. The third kappa shape index (κ3) is 6.02. The van der Waals surface area contributed by atoms with Crippen LogP contribution in [0.2, 0.25) is 0 Å². The van der Waals surface area contributed by atoms with Crippen LogP contribution in [0.1, 0.15) is 23.6 Å². The summed E-state index contributed by atoms with van der Waals surface area (Å²) in [5, 5.41) is 15.7. The average Bonchev–Trinajstić information content (AvgIpc) is 3.39. The topological polar surface area (TPSA) is 106 Å². The molecule has 0 bridgehead atoms. The lowest BCUT2D eigenvalue weighted by Crippen LogP contribution is -2.35. The molecule has 9 nitrogen and oxygen atoms in total. The van der Waals surface area contributed by atoms with Crippen molar-refractivity contribution in [2.75, 3.05) is 26.9 Å². The van der Waals surface area contributed by atoms with Crippen LogP contribution in [0.25, 0.3) is 6.08 Å². The Kier molecular flexibility index (Phi) is 8.16. The van der Waals surface area contributed by atoms with Gasteiger partial charge >= 0.3 is 0 Å². The number of benzene rings is 3. The van der Waals surface area contributed by atoms with Crippen molar-refractivity contribution in [2.24, 2.45) is 10.1 Å². The van der Waals surface area contributed by atoms with Crippen LogP contribution in [0.5, 0.6) is 23.0 Å². The largest absolute Gasteiger partial charge is 0.497 e. The second-order valence-corrected chi connectivity index (χ2v) is 9.76. The first kappa shape index (κ1) is 27.0. The summed E-state index contributed by atoms with van der Waals surface area (Å²) in [6.45, 7) is 4.95. The highest BCUT2D eigenvalue weighted by atomic mass is 32.2. The monoisotopic (exact) mass is 556 g/mol. The second kappa shape index (κ2) is 12.1. The van der Waals surface area contributed by atoms with E-state index in [1.165, 1.54) is 16.8 Å². The van der Waals surface area contributed by atoms with E-state index < -0.39 is 5.91 Å². The summed E-state index contributed by atoms with van der Waals surface area (Å²) < 4.78 is 22.7. The maximum absolute atomic E-state index is 12.9. The summed E-state index contributed by atoms with van der Waals surface area (Å²) in [5.74, 6) is 1.96. The van der Waals surface area contributed by atoms with Crippen LogP contribution >= 0.6 is 11.8 Å². The first-order chi connectivity index (χ1) is 19.4. The molecular formula is C30H28N4O5S. The summed E-state index contributed by atoms with van der Waals surface area (Å²) >= 11 is 1.27. The zero-order chi connectivity index (χ0) is 28.1. The number of methoxy groups -OCH3 is 1. The molecule has 0 aromatic heterocycles. The Balaban J connectivity index is 1.29. The van der Waals surface area contributed by atoms with E-state index in [0.29, 0.717) is 52.8 Å². The molecule has 0 saturated heterocycles. The Bertz CT molecular complexity index is 1530. The molecule has 3 aromatic rings. The number of hydrogen-bond donors (Lipinski definition) is 1. The molecule has 1 amide bonds. The van der Waals surface area contributed by atoms with E-state index in [0.717, 1.165) is 16.9 Å². The van der Waals surface area contributed by atoms with E-state index >= 15 is 0 Å². The van der Waals surface area contributed by atoms with Crippen molar-refractivity contribution in [3.8, 4) is 23.0 Å². The number of thioether (sulfide) groups is 1. The number of hydrogen-bond acceptors (Lipinski definition) is 8. The molecule has 0 fully saturated rings. The zero-order valence-electron chi connectivity index (χ0n) is 22.3. The lowest BCUT2D eigenvalue weighted by molar-refractivity contribution is -0.114. The summed E-state index contributed by atoms with van der Waals surface area (Å²) in [6.07, 6.45) is 1.62. The summed E-state index contributed by atoms with van der Waals surface area (Å²) in [4.78, 5) is 17.1. The van der Waals surface area contributed by atoms with Crippen molar-refractivity contribution in [1.29, 1.82) is 5.41 Å². The van der Waals surface area contributed by atoms with Gasteiger partial charge in [0.25, 0.3) is 5.91 Å². The van der Waals surface area contributed by atoms with Crippen LogP contribution in [-0.2, 0) is 4.79 Å². The van der Waals surface area contributed by atoms with Gasteiger partial charge in [0.1, 0.15) is 29.8 Å². The fourth-order valence-corrected chi connectivity index (χ4v) is 4.87. The molecule has 10 heteroatoms. The highest BCUT2D eigenvalue weighted by Gasteiger charge is 2.36. The Labute approximate surface area is 236 Å². The fourth-order valence-electron chi connectivity index (χ4n) is 3.98. The van der Waals surface area contributed by atoms with Crippen molar-refractivity contribution in [3.05, 3.63) is 89.0 Å². The molecule has 204 valence electrons. The molecule has 2 heterocycles. The lowest BCUT2D eigenvalue weighted by atomic mass is 10.1. The van der Waals surface area contributed by atoms with Gasteiger partial charge in [-0.25, -0.2) is 0 Å². The normalized spacial score (nSPS) is 15.5. The molecule has 0 atom stereocenters. The molecule has 0 saturated carbocycles. The number of fused-ring (bicyclic) bond motifs is 1. The Morgan fingerprint density at radius 2 is 1.73 bits per heavy atom. The van der Waals surface area contributed by atoms with Crippen LogP contribution in [-0.4, -0.2) is 53.9 Å². The Hall–Kier alpha value is -4.57. The number of ether oxygens (including phenoxy) is 4. The number of amidine groups is 2. The smallest absolute Gasteiger partial charge is 0.283 e. The van der Waals surface area contributed by atoms with Crippen LogP contribution < -0.4 is 18.9 Å². The van der Waals surface area contributed by atoms with Gasteiger partial charge in [-0.1, -0.05) is 42.0 Å². The van der Waals surface area contributed by atoms with Gasteiger partial charge in [-0.05, 0) is 61.5 Å². The van der Waals surface area contributed by atoms with Crippen LogP contribution in [0.4, 0.5) is 0 Å². The first-order valence-corrected chi connectivity index (χ1v) is 13.5. The number of nitrogens with one attached hydrogen (secondary N) is 1. The SMILES string of the molecule is CCOc1cc(/C=C2/C(=N)N3N=C(c4ccc(C)cc4)SC3=NC2=O)ccc1OCCOc1cccc(OC)c1. The third-order valence-electron chi connectivity index (χ3n) is 5.98. The Morgan fingerprint density at radius 3 is 2.50 bits per heavy atom. The van der Waals surface area contributed by atoms with Gasteiger partial charge in [-0.3, -0.25) is 10.2 Å². The van der Waals surface area contributed by atoms with Gasteiger partial charge in [-0.2, -0.15) is 15.1 Å². The van der Waals surface area contributed by atoms with Gasteiger partial charge in [0, 0.05) is 11.6 Å². The van der Waals surface area contributed by atoms with Gasteiger partial charge in [0.05, 0.1) is 19.3 Å². The minimum absolute atomic E-state index is 0.0300. The van der Waals surface area contributed by atoms with Crippen LogP contribution in [0, 0.1) is 12.3 Å². The maximum atomic E-state index is 12.9. The third-order valence-corrected chi connectivity index (χ3v) is 6.94. The molecule has 0 radical (unpaired) electrons. The van der Waals surface area contributed by atoms with Crippen LogP contribution in [0.3, 0.4) is 0 Å². The summed E-state index contributed by atoms with van der Waals surface area (Å²) in [7, 11) is 1.61. The minimum atomic E-state index is -0.489. The second-order valence-electron chi connectivity index (χ2n) is 8.81. The highest BCUT2D eigenvalue weighted by molar-refractivity contribution is 8.27. The number of amides is 1. The van der Waals surface area contributed by atoms with Crippen LogP contribution in [0.15, 0.2) is 82.4 Å². The lowest BCUT2D eigenvalue weighted by Gasteiger charge is -2.20. The van der Waals surface area contributed by atoms with E-state index in [2.05, 4.69) is 10.1 Å². The molecule has 5 rings (SSSR count). The van der Waals surface area contributed by atoms with E-state index in [4.69, 9.17) is 24.4 Å². The quantitative estimate of drug-likeness (QED) is 0.259. The molecule has 0 unspecified atom stereocenters. The molecule has 40 heavy (non-hydrogen) atoms. The van der Waals surface area contributed by atoms with Gasteiger partial charge in [-0.15, -0.1) is 0 Å². The molecular weight excluding hydrogens is 528 g/mol. The highest BCUT2D eigenvalue weighted by Crippen LogP contribution is 2.33. The van der Waals surface area contributed by atoms with Crippen molar-refractivity contribution in [3.63, 3.8) is 0 Å². The molecule has 0 spiro atoms. The van der Waals surface area contributed by atoms with Gasteiger partial charge in [0.2, 0.25) is 5.17 Å². The summed E-state index contributed by atoms with van der Waals surface area (Å²) in [5.41, 5.74) is 2.86. The molecule has 1 N–H and O–H groups in total. The molecule has 2 aliphatic heterocycles. The number of aryl methyl sites for hydroxylation is 1. The number of carbonyl (C=O) groups is 1. The summed E-state index contributed by atoms with van der Waals surface area (Å²) in [6, 6.07) is 20.6. The number of rotatable bonds is 10. The zero-order valence-corrected chi connectivity index (χ0v) is 23.2. The maximum Gasteiger partial charge on any atom is 0.283 e. The Morgan fingerprint density at radius 1 is 0.950 bits per heavy atom. The first-order valence-electron chi connectivity index (χ1n) is 12.7. The number of aliphatic imine (C=N–C) groups is 1. The standard InChI is InChI=1S/C30H28N4O5S/c1-4-37-26-17-20(10-13-25(26)39-15-14-38-23-7-5-6-22(18-23)36-3)16-24-27(31)34-30(32-28(24)35)40-29(33-34)21-11-8-19(2)9-12-21/h5-13,16-18,31H,4,14-15H2,1-3H3/b24-16-,31-27?. The number of nitrogens with zero attached hydrogens (tertiary/aromatic N) is 3. The fraction of sp³-hybridized carbons (Fsp3) is 0.200. The van der Waals surface area contributed by atoms with E-state index in [-0.39, 0.29) is 11.4 Å². The van der Waals surface area contributed by atoms with Gasteiger partial charge < -0.3 is 18.9 Å². The molecule has 0 aliphatic carbocycles. The van der Waals surface area contributed by atoms with E-state index in [9.17, 15) is 4.79 Å². The predicted octanol–water partition coefficient (Wildman–Crippen LogP) is 5.53. The van der Waals surface area contributed by atoms with E-state index in [1.54, 1.807) is 37.5 Å². The molecule has 3 aromatic carbocycles. The number of carbonyl (C=O) groups excluding carboxylic acids is 1. The predicted molar refractivity (Wildman–Crippen MR) is 157 cm³/mol. The van der Waals surface area contributed by atoms with Crippen molar-refractivity contribution in [1.82, 2.24) is 5.01 Å². The van der Waals surface area contributed by atoms with Crippen molar-refractivity contribution < 1.29 is 23.7 Å².